The number of carbonyl (C=O) groups excluding carboxylic acids is 3. The van der Waals surface area contributed by atoms with Crippen molar-refractivity contribution in [2.24, 2.45) is 0 Å². The van der Waals surface area contributed by atoms with E-state index in [1.54, 1.807) is 23.1 Å². The summed E-state index contributed by atoms with van der Waals surface area (Å²) in [6.45, 7) is 0.370. The Morgan fingerprint density at radius 3 is 2.46 bits per heavy atom. The monoisotopic (exact) mass is 478 g/mol. The fourth-order valence-electron chi connectivity index (χ4n) is 5.33. The smallest absolute Gasteiger partial charge is 0.354 e. The van der Waals surface area contributed by atoms with Gasteiger partial charge < -0.3 is 33.8 Å². The maximum atomic E-state index is 13.7. The first-order valence-electron chi connectivity index (χ1n) is 10.9. The summed E-state index contributed by atoms with van der Waals surface area (Å²) in [4.78, 5) is 46.2. The molecular weight excluding hydrogens is 456 g/mol. The van der Waals surface area contributed by atoms with E-state index in [2.05, 4.69) is 15.3 Å². The third kappa shape index (κ3) is 2.66. The number of esters is 1. The molecule has 2 aromatic heterocycles. The van der Waals surface area contributed by atoms with Gasteiger partial charge in [0, 0.05) is 23.6 Å². The van der Waals surface area contributed by atoms with Gasteiger partial charge in [-0.25, -0.2) is 4.79 Å². The second-order valence-electron chi connectivity index (χ2n) is 8.57. The van der Waals surface area contributed by atoms with Gasteiger partial charge in [-0.2, -0.15) is 0 Å². The Morgan fingerprint density at radius 1 is 1.00 bits per heavy atom. The van der Waals surface area contributed by atoms with Crippen molar-refractivity contribution in [3.63, 3.8) is 0 Å². The summed E-state index contributed by atoms with van der Waals surface area (Å²) in [6, 6.07) is 5.02. The van der Waals surface area contributed by atoms with Crippen molar-refractivity contribution < 1.29 is 33.3 Å². The van der Waals surface area contributed by atoms with Gasteiger partial charge in [0.2, 0.25) is 11.5 Å². The van der Waals surface area contributed by atoms with Gasteiger partial charge >= 0.3 is 5.97 Å². The summed E-state index contributed by atoms with van der Waals surface area (Å²) in [7, 11) is 5.83. The number of amides is 1. The highest BCUT2D eigenvalue weighted by atomic mass is 16.5. The standard InChI is InChI=1S/C24H22N4O7/c1-32-15-6-10-5-12(25-18(10)21(34-3)20(15)33-2)22(30)28-9-16-24(27-16)11-7-13(23(31)35-4)26-19(11)14(29)8-17(24)28/h5-8,16,25-27H,9H2,1-4H3. The number of ether oxygens (including phenoxy) is 4. The number of nitrogens with zero attached hydrogens (tertiary/aromatic N) is 1. The van der Waals surface area contributed by atoms with E-state index in [1.807, 2.05) is 0 Å². The molecule has 180 valence electrons. The SMILES string of the molecule is COC(=O)c1cc2c([nH]1)C(=O)C=C1N(C(=O)c3cc4cc(OC)c(OC)c(OC)c4[nH]3)CC3NC123. The summed E-state index contributed by atoms with van der Waals surface area (Å²) in [5.74, 6) is 0.142. The number of rotatable bonds is 5. The van der Waals surface area contributed by atoms with Gasteiger partial charge in [-0.15, -0.1) is 0 Å². The Kier molecular flexibility index (Phi) is 4.33. The number of fused-ring (bicyclic) bond motifs is 2. The molecule has 2 atom stereocenters. The molecule has 0 radical (unpaired) electrons. The first-order valence-corrected chi connectivity index (χ1v) is 10.9. The zero-order valence-corrected chi connectivity index (χ0v) is 19.4. The van der Waals surface area contributed by atoms with Gasteiger partial charge in [0.25, 0.3) is 5.91 Å². The second-order valence-corrected chi connectivity index (χ2v) is 8.57. The van der Waals surface area contributed by atoms with Crippen molar-refractivity contribution in [3.05, 3.63) is 52.6 Å². The molecular formula is C24H22N4O7. The molecule has 0 saturated carbocycles. The van der Waals surface area contributed by atoms with Crippen LogP contribution in [0.1, 0.15) is 37.0 Å². The third-order valence-corrected chi connectivity index (χ3v) is 6.96. The largest absolute Gasteiger partial charge is 0.493 e. The van der Waals surface area contributed by atoms with Crippen LogP contribution in [0.5, 0.6) is 17.2 Å². The molecule has 35 heavy (non-hydrogen) atoms. The molecule has 3 N–H and O–H groups in total. The molecule has 1 aliphatic carbocycles. The first-order chi connectivity index (χ1) is 16.9. The number of likely N-dealkylation sites (tertiary alicyclic amines) is 1. The average molecular weight is 478 g/mol. The maximum Gasteiger partial charge on any atom is 0.354 e. The number of allylic oxidation sites excluding steroid dienone is 1. The number of aromatic amines is 2. The van der Waals surface area contributed by atoms with E-state index in [4.69, 9.17) is 18.9 Å². The number of H-pyrrole nitrogens is 2. The molecule has 6 rings (SSSR count). The Hall–Kier alpha value is -4.25. The number of carbonyl (C=O) groups is 3. The maximum absolute atomic E-state index is 13.7. The highest BCUT2D eigenvalue weighted by Crippen LogP contribution is 2.55. The van der Waals surface area contributed by atoms with Crippen molar-refractivity contribution >= 4 is 28.6 Å². The van der Waals surface area contributed by atoms with E-state index < -0.39 is 11.5 Å². The van der Waals surface area contributed by atoms with E-state index >= 15 is 0 Å². The number of ketones is 1. The van der Waals surface area contributed by atoms with Crippen LogP contribution in [-0.4, -0.2) is 73.6 Å². The average Bonchev–Trinajstić information content (AvgIpc) is 3.21. The van der Waals surface area contributed by atoms with Crippen LogP contribution in [0.3, 0.4) is 0 Å². The molecule has 2 saturated heterocycles. The van der Waals surface area contributed by atoms with Gasteiger partial charge in [0.05, 0.1) is 51.4 Å². The molecule has 11 heteroatoms. The van der Waals surface area contributed by atoms with E-state index in [0.717, 1.165) is 0 Å². The van der Waals surface area contributed by atoms with Crippen molar-refractivity contribution in [1.82, 2.24) is 20.2 Å². The lowest BCUT2D eigenvalue weighted by molar-refractivity contribution is 0.0594. The molecule has 1 spiro atoms. The second kappa shape index (κ2) is 7.12. The van der Waals surface area contributed by atoms with Gasteiger partial charge in [-0.1, -0.05) is 0 Å². The van der Waals surface area contributed by atoms with E-state index in [9.17, 15) is 14.4 Å². The minimum absolute atomic E-state index is 0.0788. The van der Waals surface area contributed by atoms with Crippen molar-refractivity contribution in [2.75, 3.05) is 35.0 Å². The lowest BCUT2D eigenvalue weighted by Gasteiger charge is -2.26. The molecule has 1 amide bonds. The molecule has 2 aliphatic heterocycles. The predicted molar refractivity (Wildman–Crippen MR) is 122 cm³/mol. The predicted octanol–water partition coefficient (Wildman–Crippen LogP) is 1.71. The summed E-state index contributed by atoms with van der Waals surface area (Å²) in [6.07, 6.45) is 1.45. The van der Waals surface area contributed by atoms with Crippen LogP contribution in [0.15, 0.2) is 30.0 Å². The highest BCUT2D eigenvalue weighted by Gasteiger charge is 2.68. The molecule has 2 fully saturated rings. The fourth-order valence-corrected chi connectivity index (χ4v) is 5.33. The highest BCUT2D eigenvalue weighted by molar-refractivity contribution is 6.10. The third-order valence-electron chi connectivity index (χ3n) is 6.96. The molecule has 1 aromatic carbocycles. The number of nitrogens with one attached hydrogen (secondary N) is 3. The van der Waals surface area contributed by atoms with Crippen LogP contribution >= 0.6 is 0 Å². The Balaban J connectivity index is 1.40. The van der Waals surface area contributed by atoms with Crippen molar-refractivity contribution in [3.8, 4) is 17.2 Å². The number of aromatic nitrogens is 2. The van der Waals surface area contributed by atoms with E-state index in [-0.39, 0.29) is 23.4 Å². The molecule has 3 aliphatic rings. The molecule has 2 unspecified atom stereocenters. The van der Waals surface area contributed by atoms with E-state index in [0.29, 0.717) is 57.3 Å². The zero-order valence-electron chi connectivity index (χ0n) is 19.4. The van der Waals surface area contributed by atoms with Crippen molar-refractivity contribution in [1.29, 1.82) is 0 Å². The van der Waals surface area contributed by atoms with Crippen molar-refractivity contribution in [2.45, 2.75) is 11.6 Å². The van der Waals surface area contributed by atoms with Crippen LogP contribution < -0.4 is 19.5 Å². The molecule has 4 heterocycles. The van der Waals surface area contributed by atoms with Crippen LogP contribution in [0.2, 0.25) is 0 Å². The lowest BCUT2D eigenvalue weighted by atomic mass is 9.87. The van der Waals surface area contributed by atoms with Crippen LogP contribution in [0.25, 0.3) is 10.9 Å². The lowest BCUT2D eigenvalue weighted by Crippen LogP contribution is -2.36. The number of hydrogen-bond donors (Lipinski definition) is 3. The number of methoxy groups -OCH3 is 4. The normalized spacial score (nSPS) is 21.7. The molecule has 0 bridgehead atoms. The van der Waals surface area contributed by atoms with Crippen LogP contribution in [-0.2, 0) is 10.3 Å². The fraction of sp³-hybridized carbons (Fsp3) is 0.292. The number of piperazine rings is 1. The number of hydrogen-bond acceptors (Lipinski definition) is 8. The van der Waals surface area contributed by atoms with Crippen LogP contribution in [0.4, 0.5) is 0 Å². The van der Waals surface area contributed by atoms with Crippen LogP contribution in [0, 0.1) is 0 Å². The summed E-state index contributed by atoms with van der Waals surface area (Å²) < 4.78 is 21.2. The Labute approximate surface area is 199 Å². The quantitative estimate of drug-likeness (QED) is 0.371. The van der Waals surface area contributed by atoms with Gasteiger partial charge in [0.15, 0.2) is 11.5 Å². The van der Waals surface area contributed by atoms with Gasteiger partial charge in [-0.05, 0) is 18.2 Å². The topological polar surface area (TPSA) is 145 Å². The van der Waals surface area contributed by atoms with Gasteiger partial charge in [-0.3, -0.25) is 14.9 Å². The molecule has 11 nitrogen and oxygen atoms in total. The first kappa shape index (κ1) is 21.3. The number of benzene rings is 1. The van der Waals surface area contributed by atoms with E-state index in [1.165, 1.54) is 34.5 Å². The zero-order chi connectivity index (χ0) is 24.6. The summed E-state index contributed by atoms with van der Waals surface area (Å²) >= 11 is 0. The minimum atomic E-state index is -0.697. The Bertz CT molecular complexity index is 1480. The molecule has 3 aromatic rings. The summed E-state index contributed by atoms with van der Waals surface area (Å²) in [5, 5.41) is 4.10. The Morgan fingerprint density at radius 2 is 1.77 bits per heavy atom. The minimum Gasteiger partial charge on any atom is -0.493 e. The van der Waals surface area contributed by atoms with Gasteiger partial charge in [0.1, 0.15) is 16.9 Å². The summed E-state index contributed by atoms with van der Waals surface area (Å²) in [5.41, 5.74) is 1.95.